The van der Waals surface area contributed by atoms with Crippen molar-refractivity contribution in [3.63, 3.8) is 0 Å². The van der Waals surface area contributed by atoms with Crippen molar-refractivity contribution in [3.05, 3.63) is 18.3 Å². The van der Waals surface area contributed by atoms with Gasteiger partial charge in [0.25, 0.3) is 0 Å². The molecule has 1 aromatic rings. The van der Waals surface area contributed by atoms with E-state index in [0.29, 0.717) is 6.42 Å². The van der Waals surface area contributed by atoms with E-state index in [1.165, 1.54) is 0 Å². The first-order chi connectivity index (χ1) is 9.15. The number of aromatic nitrogens is 2. The molecule has 1 aromatic heterocycles. The van der Waals surface area contributed by atoms with Crippen molar-refractivity contribution < 1.29 is 4.79 Å². The van der Waals surface area contributed by atoms with E-state index >= 15 is 0 Å². The molecule has 1 aliphatic rings. The third-order valence-corrected chi connectivity index (χ3v) is 3.18. The Morgan fingerprint density at radius 1 is 1.68 bits per heavy atom. The van der Waals surface area contributed by atoms with E-state index in [2.05, 4.69) is 20.4 Å². The first kappa shape index (κ1) is 13.7. The fourth-order valence-corrected chi connectivity index (χ4v) is 2.34. The summed E-state index contributed by atoms with van der Waals surface area (Å²) in [5.74, 6) is 0.898. The summed E-state index contributed by atoms with van der Waals surface area (Å²) in [6.07, 6.45) is 4.08. The number of piperidine rings is 1. The molecular weight excluding hydrogens is 242 g/mol. The molecule has 0 saturated carbocycles. The van der Waals surface area contributed by atoms with E-state index in [-0.39, 0.29) is 18.0 Å². The van der Waals surface area contributed by atoms with Crippen molar-refractivity contribution in [3.8, 4) is 0 Å². The molecule has 2 heterocycles. The van der Waals surface area contributed by atoms with Gasteiger partial charge in [-0.2, -0.15) is 5.10 Å². The molecule has 3 N–H and O–H groups in total. The second kappa shape index (κ2) is 6.47. The number of nitrogens with zero attached hydrogens (tertiary/aromatic N) is 3. The van der Waals surface area contributed by atoms with Crippen LogP contribution < -0.4 is 16.0 Å². The van der Waals surface area contributed by atoms with Crippen LogP contribution in [0.4, 0.5) is 5.82 Å². The molecule has 0 bridgehead atoms. The van der Waals surface area contributed by atoms with E-state index in [1.54, 1.807) is 6.20 Å². The van der Waals surface area contributed by atoms with E-state index in [1.807, 2.05) is 19.1 Å². The summed E-state index contributed by atoms with van der Waals surface area (Å²) in [4.78, 5) is 13.9. The fourth-order valence-electron chi connectivity index (χ4n) is 2.34. The minimum atomic E-state index is -0.0975. The maximum absolute atomic E-state index is 11.7. The predicted molar refractivity (Wildman–Crippen MR) is 73.7 cm³/mol. The van der Waals surface area contributed by atoms with Gasteiger partial charge in [0.2, 0.25) is 5.91 Å². The van der Waals surface area contributed by atoms with Crippen LogP contribution in [0, 0.1) is 0 Å². The van der Waals surface area contributed by atoms with Crippen LogP contribution in [-0.4, -0.2) is 41.3 Å². The minimum Gasteiger partial charge on any atom is -0.353 e. The highest BCUT2D eigenvalue weighted by Gasteiger charge is 2.22. The average Bonchev–Trinajstić information content (AvgIpc) is 2.39. The Bertz CT molecular complexity index is 409. The number of nitrogens with one attached hydrogen (secondary N) is 1. The topological polar surface area (TPSA) is 84.1 Å². The van der Waals surface area contributed by atoms with Crippen molar-refractivity contribution in [1.82, 2.24) is 15.5 Å². The molecule has 19 heavy (non-hydrogen) atoms. The highest BCUT2D eigenvalue weighted by molar-refractivity contribution is 5.76. The highest BCUT2D eigenvalue weighted by atomic mass is 16.1. The van der Waals surface area contributed by atoms with Crippen molar-refractivity contribution in [1.29, 1.82) is 0 Å². The SMILES string of the molecule is CC(N)CC(=O)NC1CCCN(c2cccnn2)C1. The van der Waals surface area contributed by atoms with E-state index in [9.17, 15) is 4.79 Å². The van der Waals surface area contributed by atoms with Gasteiger partial charge in [-0.15, -0.1) is 5.10 Å². The number of nitrogens with two attached hydrogens (primary N) is 1. The molecule has 6 nitrogen and oxygen atoms in total. The van der Waals surface area contributed by atoms with Gasteiger partial charge in [-0.1, -0.05) is 0 Å². The summed E-state index contributed by atoms with van der Waals surface area (Å²) in [6, 6.07) is 3.89. The lowest BCUT2D eigenvalue weighted by Gasteiger charge is -2.33. The maximum Gasteiger partial charge on any atom is 0.221 e. The average molecular weight is 263 g/mol. The Kier molecular flexibility index (Phi) is 4.68. The minimum absolute atomic E-state index is 0.0287. The molecule has 1 fully saturated rings. The molecule has 2 unspecified atom stereocenters. The molecule has 1 aliphatic heterocycles. The highest BCUT2D eigenvalue weighted by Crippen LogP contribution is 2.16. The number of hydrogen-bond acceptors (Lipinski definition) is 5. The zero-order valence-electron chi connectivity index (χ0n) is 11.2. The van der Waals surface area contributed by atoms with Gasteiger partial charge in [0.05, 0.1) is 0 Å². The summed E-state index contributed by atoms with van der Waals surface area (Å²) in [6.45, 7) is 3.58. The van der Waals surface area contributed by atoms with Gasteiger partial charge < -0.3 is 16.0 Å². The lowest BCUT2D eigenvalue weighted by molar-refractivity contribution is -0.122. The second-order valence-corrected chi connectivity index (χ2v) is 5.12. The maximum atomic E-state index is 11.7. The molecule has 2 rings (SSSR count). The zero-order valence-corrected chi connectivity index (χ0v) is 11.2. The van der Waals surface area contributed by atoms with Gasteiger partial charge in [0.15, 0.2) is 5.82 Å². The first-order valence-electron chi connectivity index (χ1n) is 6.72. The lowest BCUT2D eigenvalue weighted by atomic mass is 10.1. The van der Waals surface area contributed by atoms with Crippen LogP contribution in [0.25, 0.3) is 0 Å². The standard InChI is InChI=1S/C13H21N5O/c1-10(14)8-13(19)16-11-4-3-7-18(9-11)12-5-2-6-15-17-12/h2,5-6,10-11H,3-4,7-9,14H2,1H3,(H,16,19). The van der Waals surface area contributed by atoms with Crippen LogP contribution in [-0.2, 0) is 4.79 Å². The van der Waals surface area contributed by atoms with Crippen LogP contribution >= 0.6 is 0 Å². The van der Waals surface area contributed by atoms with Crippen LogP contribution in [0.3, 0.4) is 0 Å². The van der Waals surface area contributed by atoms with Gasteiger partial charge in [-0.25, -0.2) is 0 Å². The fraction of sp³-hybridized carbons (Fsp3) is 0.615. The van der Waals surface area contributed by atoms with Gasteiger partial charge in [-0.3, -0.25) is 4.79 Å². The lowest BCUT2D eigenvalue weighted by Crippen LogP contribution is -2.48. The van der Waals surface area contributed by atoms with E-state index < -0.39 is 0 Å². The van der Waals surface area contributed by atoms with Crippen LogP contribution in [0.2, 0.25) is 0 Å². The number of rotatable bonds is 4. The molecule has 6 heteroatoms. The summed E-state index contributed by atoms with van der Waals surface area (Å²) >= 11 is 0. The zero-order chi connectivity index (χ0) is 13.7. The van der Waals surface area contributed by atoms with E-state index in [4.69, 9.17) is 5.73 Å². The summed E-state index contributed by atoms with van der Waals surface area (Å²) in [5, 5.41) is 11.0. The van der Waals surface area contributed by atoms with Gasteiger partial charge in [-0.05, 0) is 31.9 Å². The van der Waals surface area contributed by atoms with Crippen molar-refractivity contribution in [2.24, 2.45) is 5.73 Å². The summed E-state index contributed by atoms with van der Waals surface area (Å²) in [7, 11) is 0. The third kappa shape index (κ3) is 4.17. The number of carbonyl (C=O) groups excluding carboxylic acids is 1. The quantitative estimate of drug-likeness (QED) is 0.816. The Hall–Kier alpha value is -1.69. The Morgan fingerprint density at radius 2 is 2.53 bits per heavy atom. The Labute approximate surface area is 113 Å². The largest absolute Gasteiger partial charge is 0.353 e. The van der Waals surface area contributed by atoms with Crippen LogP contribution in [0.15, 0.2) is 18.3 Å². The predicted octanol–water partition coefficient (Wildman–Crippen LogP) is 0.299. The van der Waals surface area contributed by atoms with Crippen LogP contribution in [0.1, 0.15) is 26.2 Å². The number of carbonyl (C=O) groups is 1. The van der Waals surface area contributed by atoms with Crippen molar-refractivity contribution in [2.45, 2.75) is 38.3 Å². The molecule has 2 atom stereocenters. The summed E-state index contributed by atoms with van der Waals surface area (Å²) in [5.41, 5.74) is 5.63. The van der Waals surface area contributed by atoms with Crippen molar-refractivity contribution in [2.75, 3.05) is 18.0 Å². The molecule has 104 valence electrons. The number of anilines is 1. The Morgan fingerprint density at radius 3 is 3.21 bits per heavy atom. The van der Waals surface area contributed by atoms with Gasteiger partial charge >= 0.3 is 0 Å². The van der Waals surface area contributed by atoms with Gasteiger partial charge in [0, 0.05) is 37.8 Å². The first-order valence-corrected chi connectivity index (χ1v) is 6.72. The molecule has 0 radical (unpaired) electrons. The van der Waals surface area contributed by atoms with Crippen LogP contribution in [0.5, 0.6) is 0 Å². The van der Waals surface area contributed by atoms with Gasteiger partial charge in [0.1, 0.15) is 0 Å². The molecule has 1 saturated heterocycles. The molecular formula is C13H21N5O. The van der Waals surface area contributed by atoms with Crippen molar-refractivity contribution >= 4 is 11.7 Å². The summed E-state index contributed by atoms with van der Waals surface area (Å²) < 4.78 is 0. The smallest absolute Gasteiger partial charge is 0.221 e. The number of amides is 1. The Balaban J connectivity index is 1.89. The second-order valence-electron chi connectivity index (χ2n) is 5.12. The molecule has 0 spiro atoms. The normalized spacial score (nSPS) is 20.9. The van der Waals surface area contributed by atoms with E-state index in [0.717, 1.165) is 31.7 Å². The molecule has 0 aliphatic carbocycles. The molecule has 1 amide bonds. The monoisotopic (exact) mass is 263 g/mol. The third-order valence-electron chi connectivity index (χ3n) is 3.18. The molecule has 0 aromatic carbocycles. The number of hydrogen-bond donors (Lipinski definition) is 2.